The average molecular weight is 215 g/mol. The minimum atomic E-state index is 0.213. The number of hydrogen-bond donors (Lipinski definition) is 1. The average Bonchev–Trinajstić information content (AvgIpc) is 2.15. The minimum absolute atomic E-state index is 0.213. The van der Waals surface area contributed by atoms with Gasteiger partial charge in [0.1, 0.15) is 5.75 Å². The molecule has 0 fully saturated rings. The van der Waals surface area contributed by atoms with Crippen LogP contribution < -0.4 is 4.74 Å². The highest BCUT2D eigenvalue weighted by atomic mass is 35.5. The first kappa shape index (κ1) is 11.3. The molecule has 0 saturated carbocycles. The van der Waals surface area contributed by atoms with E-state index in [1.54, 1.807) is 0 Å². The summed E-state index contributed by atoms with van der Waals surface area (Å²) in [4.78, 5) is 0. The summed E-state index contributed by atoms with van der Waals surface area (Å²) in [7, 11) is 0. The quantitative estimate of drug-likeness (QED) is 0.764. The minimum Gasteiger partial charge on any atom is -0.492 e. The van der Waals surface area contributed by atoms with E-state index in [0.29, 0.717) is 11.6 Å². The molecule has 78 valence electrons. The van der Waals surface area contributed by atoms with Gasteiger partial charge >= 0.3 is 0 Å². The number of aryl methyl sites for hydroxylation is 1. The van der Waals surface area contributed by atoms with Gasteiger partial charge in [0.15, 0.2) is 0 Å². The lowest BCUT2D eigenvalue weighted by Crippen LogP contribution is -1.99. The lowest BCUT2D eigenvalue weighted by Gasteiger charge is -2.07. The number of hydrogen-bond acceptors (Lipinski definition) is 2. The van der Waals surface area contributed by atoms with Crippen molar-refractivity contribution in [1.82, 2.24) is 0 Å². The van der Waals surface area contributed by atoms with Crippen LogP contribution in [0.15, 0.2) is 18.2 Å². The summed E-state index contributed by atoms with van der Waals surface area (Å²) in [6, 6.07) is 5.72. The van der Waals surface area contributed by atoms with Crippen LogP contribution in [0.1, 0.15) is 18.4 Å². The fourth-order valence-electron chi connectivity index (χ4n) is 1.12. The lowest BCUT2D eigenvalue weighted by molar-refractivity contribution is 0.253. The molecule has 0 spiro atoms. The molecule has 0 atom stereocenters. The molecule has 0 bridgehead atoms. The normalized spacial score (nSPS) is 10.2. The van der Waals surface area contributed by atoms with Gasteiger partial charge in [-0.1, -0.05) is 17.7 Å². The first-order valence-electron chi connectivity index (χ1n) is 4.74. The van der Waals surface area contributed by atoms with Crippen molar-refractivity contribution in [2.75, 3.05) is 13.2 Å². The number of unbranched alkanes of at least 4 members (excludes halogenated alkanes) is 1. The van der Waals surface area contributed by atoms with Crippen LogP contribution in [0.4, 0.5) is 0 Å². The van der Waals surface area contributed by atoms with Gasteiger partial charge in [-0.25, -0.2) is 0 Å². The first-order chi connectivity index (χ1) is 6.74. The fraction of sp³-hybridized carbons (Fsp3) is 0.455. The Labute approximate surface area is 89.5 Å². The van der Waals surface area contributed by atoms with Crippen molar-refractivity contribution in [3.05, 3.63) is 28.8 Å². The molecule has 0 amide bonds. The van der Waals surface area contributed by atoms with Gasteiger partial charge in [-0.05, 0) is 37.5 Å². The van der Waals surface area contributed by atoms with E-state index in [-0.39, 0.29) is 6.61 Å². The summed E-state index contributed by atoms with van der Waals surface area (Å²) in [5.41, 5.74) is 1.12. The zero-order valence-corrected chi connectivity index (χ0v) is 9.05. The van der Waals surface area contributed by atoms with Crippen molar-refractivity contribution in [3.63, 3.8) is 0 Å². The van der Waals surface area contributed by atoms with Gasteiger partial charge in [0, 0.05) is 6.61 Å². The third-order valence-corrected chi connectivity index (χ3v) is 2.19. The molecule has 1 rings (SSSR count). The molecule has 0 heterocycles. The van der Waals surface area contributed by atoms with E-state index in [0.717, 1.165) is 24.2 Å². The second-order valence-electron chi connectivity index (χ2n) is 3.21. The Hall–Kier alpha value is -0.730. The molecular formula is C11H15ClO2. The zero-order chi connectivity index (χ0) is 10.4. The maximum atomic E-state index is 8.57. The number of aliphatic hydroxyl groups is 1. The largest absolute Gasteiger partial charge is 0.492 e. The second kappa shape index (κ2) is 5.89. The summed E-state index contributed by atoms with van der Waals surface area (Å²) >= 11 is 5.97. The smallest absolute Gasteiger partial charge is 0.137 e. The summed E-state index contributed by atoms with van der Waals surface area (Å²) < 4.78 is 5.45. The van der Waals surface area contributed by atoms with Crippen LogP contribution in [0, 0.1) is 6.92 Å². The van der Waals surface area contributed by atoms with Crippen LogP contribution in [-0.4, -0.2) is 18.3 Å². The van der Waals surface area contributed by atoms with E-state index in [4.69, 9.17) is 21.4 Å². The van der Waals surface area contributed by atoms with E-state index < -0.39 is 0 Å². The molecule has 0 aromatic heterocycles. The van der Waals surface area contributed by atoms with Crippen LogP contribution in [-0.2, 0) is 0 Å². The second-order valence-corrected chi connectivity index (χ2v) is 3.62. The lowest BCUT2D eigenvalue weighted by atomic mass is 10.2. The van der Waals surface area contributed by atoms with Crippen molar-refractivity contribution in [2.24, 2.45) is 0 Å². The van der Waals surface area contributed by atoms with Gasteiger partial charge in [0.05, 0.1) is 11.6 Å². The van der Waals surface area contributed by atoms with Gasteiger partial charge in [-0.3, -0.25) is 0 Å². The molecular weight excluding hydrogens is 200 g/mol. The Morgan fingerprint density at radius 2 is 2.14 bits per heavy atom. The van der Waals surface area contributed by atoms with E-state index in [9.17, 15) is 0 Å². The highest BCUT2D eigenvalue weighted by Gasteiger charge is 2.00. The zero-order valence-electron chi connectivity index (χ0n) is 8.29. The summed E-state index contributed by atoms with van der Waals surface area (Å²) in [6.07, 6.45) is 1.62. The van der Waals surface area contributed by atoms with Crippen LogP contribution in [0.3, 0.4) is 0 Å². The Bertz CT molecular complexity index is 287. The molecule has 0 radical (unpaired) electrons. The summed E-state index contributed by atoms with van der Waals surface area (Å²) in [6.45, 7) is 2.80. The molecule has 14 heavy (non-hydrogen) atoms. The Kier molecular flexibility index (Phi) is 4.77. The van der Waals surface area contributed by atoms with E-state index in [1.807, 2.05) is 25.1 Å². The first-order valence-corrected chi connectivity index (χ1v) is 5.11. The maximum Gasteiger partial charge on any atom is 0.137 e. The molecule has 0 aliphatic heterocycles. The van der Waals surface area contributed by atoms with Gasteiger partial charge in [0.25, 0.3) is 0 Å². The van der Waals surface area contributed by atoms with Crippen molar-refractivity contribution in [2.45, 2.75) is 19.8 Å². The Morgan fingerprint density at radius 1 is 1.36 bits per heavy atom. The molecule has 0 saturated heterocycles. The Morgan fingerprint density at radius 3 is 2.79 bits per heavy atom. The number of ether oxygens (including phenoxy) is 1. The van der Waals surface area contributed by atoms with Crippen LogP contribution in [0.25, 0.3) is 0 Å². The van der Waals surface area contributed by atoms with E-state index in [2.05, 4.69) is 0 Å². The molecule has 0 aliphatic rings. The third-order valence-electron chi connectivity index (χ3n) is 1.90. The number of halogens is 1. The maximum absolute atomic E-state index is 8.57. The standard InChI is InChI=1S/C11H15ClO2/c1-9-4-5-11(10(12)8-9)14-7-3-2-6-13/h4-5,8,13H,2-3,6-7H2,1H3. The monoisotopic (exact) mass is 214 g/mol. The highest BCUT2D eigenvalue weighted by Crippen LogP contribution is 2.25. The number of aliphatic hydroxyl groups excluding tert-OH is 1. The van der Waals surface area contributed by atoms with E-state index in [1.165, 1.54) is 0 Å². The van der Waals surface area contributed by atoms with Crippen molar-refractivity contribution >= 4 is 11.6 Å². The molecule has 2 nitrogen and oxygen atoms in total. The van der Waals surface area contributed by atoms with Gasteiger partial charge in [-0.15, -0.1) is 0 Å². The van der Waals surface area contributed by atoms with Gasteiger partial charge in [0.2, 0.25) is 0 Å². The molecule has 1 aromatic carbocycles. The molecule has 0 unspecified atom stereocenters. The topological polar surface area (TPSA) is 29.5 Å². The molecule has 1 aromatic rings. The van der Waals surface area contributed by atoms with Crippen molar-refractivity contribution < 1.29 is 9.84 Å². The van der Waals surface area contributed by atoms with E-state index >= 15 is 0 Å². The van der Waals surface area contributed by atoms with Gasteiger partial charge < -0.3 is 9.84 Å². The molecule has 1 N–H and O–H groups in total. The van der Waals surface area contributed by atoms with Crippen LogP contribution in [0.5, 0.6) is 5.75 Å². The summed E-state index contributed by atoms with van der Waals surface area (Å²) in [5.74, 6) is 0.718. The third kappa shape index (κ3) is 3.56. The summed E-state index contributed by atoms with van der Waals surface area (Å²) in [5, 5.41) is 9.22. The van der Waals surface area contributed by atoms with Crippen molar-refractivity contribution in [1.29, 1.82) is 0 Å². The van der Waals surface area contributed by atoms with Crippen molar-refractivity contribution in [3.8, 4) is 5.75 Å². The predicted octanol–water partition coefficient (Wildman–Crippen LogP) is 2.80. The molecule has 3 heteroatoms. The SMILES string of the molecule is Cc1ccc(OCCCCO)c(Cl)c1. The number of rotatable bonds is 5. The van der Waals surface area contributed by atoms with Crippen LogP contribution in [0.2, 0.25) is 5.02 Å². The highest BCUT2D eigenvalue weighted by molar-refractivity contribution is 6.32. The molecule has 0 aliphatic carbocycles. The Balaban J connectivity index is 2.42. The van der Waals surface area contributed by atoms with Crippen LogP contribution >= 0.6 is 11.6 Å². The predicted molar refractivity (Wildman–Crippen MR) is 58.0 cm³/mol. The number of benzene rings is 1. The van der Waals surface area contributed by atoms with Gasteiger partial charge in [-0.2, -0.15) is 0 Å². The fourth-order valence-corrected chi connectivity index (χ4v) is 1.41.